The normalized spacial score (nSPS) is 15.8. The van der Waals surface area contributed by atoms with Gasteiger partial charge in [0.25, 0.3) is 11.8 Å². The van der Waals surface area contributed by atoms with Crippen LogP contribution in [-0.4, -0.2) is 70.7 Å². The largest absolute Gasteiger partial charge is 0.457 e. The van der Waals surface area contributed by atoms with Crippen molar-refractivity contribution >= 4 is 23.6 Å². The summed E-state index contributed by atoms with van der Waals surface area (Å²) >= 11 is 0. The molecule has 0 saturated carbocycles. The summed E-state index contributed by atoms with van der Waals surface area (Å²) in [5.41, 5.74) is 6.19. The van der Waals surface area contributed by atoms with Crippen molar-refractivity contribution in [2.45, 2.75) is 140 Å². The van der Waals surface area contributed by atoms with E-state index in [1.807, 2.05) is 24.3 Å². The van der Waals surface area contributed by atoms with Gasteiger partial charge in [-0.05, 0) is 186 Å². The molecule has 2 fully saturated rings. The van der Waals surface area contributed by atoms with Crippen LogP contribution >= 0.6 is 0 Å². The highest BCUT2D eigenvalue weighted by Gasteiger charge is 2.35. The van der Waals surface area contributed by atoms with E-state index in [1.54, 1.807) is 58.3 Å². The van der Waals surface area contributed by atoms with E-state index in [2.05, 4.69) is 108 Å². The smallest absolute Gasteiger partial charge is 0.254 e. The van der Waals surface area contributed by atoms with Gasteiger partial charge >= 0.3 is 0 Å². The van der Waals surface area contributed by atoms with Gasteiger partial charge in [0.15, 0.2) is 0 Å². The summed E-state index contributed by atoms with van der Waals surface area (Å²) in [6.07, 6.45) is 16.0. The minimum atomic E-state index is -0.527. The standard InChI is InChI=1S/C64H74N4O5/c69-61(65-55(33-17-29-49-21-5-1-6-22-49)34-18-30-50-23-7-2-8-24-50)59-37-13-15-47-67(59)63(71)53-39-43-57(44-40-53)73-58-45-41-54(42-46-58)64(72)68-48-16-14-38-60(68)62(70)66-56(35-19-31-51-25-9-3-10-26-51)36-20-32-52-27-11-4-12-28-52/h1-12,21-28,39-46,55-56,59-60H,13-20,29-38,47-48H2,(H,65,69)(H,66,70)/t59-,60-/m0/s1. The first-order chi connectivity index (χ1) is 35.9. The van der Waals surface area contributed by atoms with Gasteiger partial charge in [0, 0.05) is 36.3 Å². The number of hydrogen-bond acceptors (Lipinski definition) is 5. The Morgan fingerprint density at radius 1 is 0.411 bits per heavy atom. The van der Waals surface area contributed by atoms with Crippen molar-refractivity contribution in [2.24, 2.45) is 0 Å². The minimum Gasteiger partial charge on any atom is -0.457 e. The zero-order valence-electron chi connectivity index (χ0n) is 42.6. The van der Waals surface area contributed by atoms with Gasteiger partial charge in [-0.3, -0.25) is 19.2 Å². The molecule has 0 bridgehead atoms. The Kier molecular flexibility index (Phi) is 19.9. The highest BCUT2D eigenvalue weighted by Crippen LogP contribution is 2.27. The molecule has 0 aliphatic carbocycles. The van der Waals surface area contributed by atoms with Gasteiger partial charge in [0.05, 0.1) is 0 Å². The number of nitrogens with zero attached hydrogens (tertiary/aromatic N) is 2. The third-order valence-corrected chi connectivity index (χ3v) is 14.7. The zero-order valence-corrected chi connectivity index (χ0v) is 42.6. The summed E-state index contributed by atoms with van der Waals surface area (Å²) < 4.78 is 6.21. The molecule has 2 heterocycles. The van der Waals surface area contributed by atoms with E-state index in [1.165, 1.54) is 22.3 Å². The molecule has 380 valence electrons. The molecule has 0 radical (unpaired) electrons. The lowest BCUT2D eigenvalue weighted by atomic mass is 9.96. The lowest BCUT2D eigenvalue weighted by molar-refractivity contribution is -0.128. The molecule has 8 rings (SSSR count). The van der Waals surface area contributed by atoms with E-state index in [-0.39, 0.29) is 35.7 Å². The second-order valence-electron chi connectivity index (χ2n) is 20.1. The Bertz CT molecular complexity index is 2340. The van der Waals surface area contributed by atoms with Crippen molar-refractivity contribution in [1.82, 2.24) is 20.4 Å². The molecule has 73 heavy (non-hydrogen) atoms. The topological polar surface area (TPSA) is 108 Å². The van der Waals surface area contributed by atoms with Gasteiger partial charge in [-0.1, -0.05) is 121 Å². The van der Waals surface area contributed by atoms with Crippen molar-refractivity contribution < 1.29 is 23.9 Å². The van der Waals surface area contributed by atoms with E-state index < -0.39 is 12.1 Å². The second kappa shape index (κ2) is 27.7. The van der Waals surface area contributed by atoms with Crippen LogP contribution in [0.3, 0.4) is 0 Å². The maximum absolute atomic E-state index is 14.1. The minimum absolute atomic E-state index is 0.0232. The average Bonchev–Trinajstić information content (AvgIpc) is 3.44. The Labute approximate surface area is 433 Å². The quantitative estimate of drug-likeness (QED) is 0.0628. The maximum Gasteiger partial charge on any atom is 0.254 e. The number of hydrogen-bond donors (Lipinski definition) is 2. The lowest BCUT2D eigenvalue weighted by Crippen LogP contribution is -2.53. The monoisotopic (exact) mass is 979 g/mol. The number of likely N-dealkylation sites (tertiary alicyclic amines) is 2. The fraction of sp³-hybridized carbons (Fsp3) is 0.375. The van der Waals surface area contributed by atoms with Crippen molar-refractivity contribution in [1.29, 1.82) is 0 Å². The molecule has 2 aliphatic rings. The van der Waals surface area contributed by atoms with Crippen molar-refractivity contribution in [3.8, 4) is 11.5 Å². The lowest BCUT2D eigenvalue weighted by Gasteiger charge is -2.36. The molecule has 4 amide bonds. The van der Waals surface area contributed by atoms with Crippen LogP contribution in [0.2, 0.25) is 0 Å². The first-order valence-corrected chi connectivity index (χ1v) is 27.1. The number of nitrogens with one attached hydrogen (secondary N) is 2. The molecular weight excluding hydrogens is 905 g/mol. The number of benzene rings is 6. The van der Waals surface area contributed by atoms with Crippen LogP contribution in [0.4, 0.5) is 0 Å². The van der Waals surface area contributed by atoms with Gasteiger partial charge in [-0.25, -0.2) is 0 Å². The van der Waals surface area contributed by atoms with E-state index in [9.17, 15) is 19.2 Å². The van der Waals surface area contributed by atoms with Gasteiger partial charge in [-0.15, -0.1) is 0 Å². The van der Waals surface area contributed by atoms with Gasteiger partial charge in [0.1, 0.15) is 23.6 Å². The zero-order chi connectivity index (χ0) is 50.5. The molecule has 9 nitrogen and oxygen atoms in total. The predicted molar refractivity (Wildman–Crippen MR) is 292 cm³/mol. The molecule has 2 saturated heterocycles. The summed E-state index contributed by atoms with van der Waals surface area (Å²) in [5.74, 6) is 0.639. The number of amides is 4. The highest BCUT2D eigenvalue weighted by molar-refractivity contribution is 5.98. The molecule has 2 atom stereocenters. The average molecular weight is 979 g/mol. The van der Waals surface area contributed by atoms with Crippen LogP contribution in [0.1, 0.15) is 133 Å². The Balaban J connectivity index is 0.845. The molecule has 0 aromatic heterocycles. The van der Waals surface area contributed by atoms with Gasteiger partial charge in [0.2, 0.25) is 11.8 Å². The fourth-order valence-corrected chi connectivity index (χ4v) is 10.7. The number of rotatable bonds is 24. The predicted octanol–water partition coefficient (Wildman–Crippen LogP) is 12.5. The van der Waals surface area contributed by atoms with Crippen LogP contribution < -0.4 is 15.4 Å². The molecule has 6 aromatic carbocycles. The Hall–Kier alpha value is -7.00. The van der Waals surface area contributed by atoms with Crippen molar-refractivity contribution in [3.63, 3.8) is 0 Å². The van der Waals surface area contributed by atoms with Crippen molar-refractivity contribution in [2.75, 3.05) is 13.1 Å². The van der Waals surface area contributed by atoms with Crippen LogP contribution in [0.25, 0.3) is 0 Å². The molecule has 9 heteroatoms. The van der Waals surface area contributed by atoms with E-state index in [0.29, 0.717) is 48.6 Å². The molecule has 0 spiro atoms. The first-order valence-electron chi connectivity index (χ1n) is 27.1. The number of carbonyl (C=O) groups is 4. The number of piperidine rings is 2. The fourth-order valence-electron chi connectivity index (χ4n) is 10.7. The van der Waals surface area contributed by atoms with E-state index in [0.717, 1.165) is 103 Å². The summed E-state index contributed by atoms with van der Waals surface area (Å²) in [7, 11) is 0. The Morgan fingerprint density at radius 2 is 0.712 bits per heavy atom. The van der Waals surface area contributed by atoms with E-state index >= 15 is 0 Å². The summed E-state index contributed by atoms with van der Waals surface area (Å²) in [5, 5.41) is 6.80. The number of carbonyl (C=O) groups excluding carboxylic acids is 4. The van der Waals surface area contributed by atoms with Gasteiger partial charge < -0.3 is 25.2 Å². The molecule has 0 unspecified atom stereocenters. The highest BCUT2D eigenvalue weighted by atomic mass is 16.5. The summed E-state index contributed by atoms with van der Waals surface area (Å²) in [6, 6.07) is 55.1. The molecular formula is C64H74N4O5. The third kappa shape index (κ3) is 16.0. The summed E-state index contributed by atoms with van der Waals surface area (Å²) in [4.78, 5) is 59.9. The molecule has 2 N–H and O–H groups in total. The second-order valence-corrected chi connectivity index (χ2v) is 20.1. The van der Waals surface area contributed by atoms with Crippen LogP contribution in [0.5, 0.6) is 11.5 Å². The third-order valence-electron chi connectivity index (χ3n) is 14.7. The maximum atomic E-state index is 14.1. The van der Waals surface area contributed by atoms with Crippen LogP contribution in [0, 0.1) is 0 Å². The first kappa shape index (κ1) is 52.3. The Morgan fingerprint density at radius 3 is 1.01 bits per heavy atom. The van der Waals surface area contributed by atoms with Crippen molar-refractivity contribution in [3.05, 3.63) is 203 Å². The number of ether oxygens (including phenoxy) is 1. The SMILES string of the molecule is O=C(NC(CCCc1ccccc1)CCCc1ccccc1)[C@@H]1CCCCN1C(=O)c1ccc(Oc2ccc(C(=O)N3CCCC[C@H]3C(=O)NC(CCCc3ccccc3)CCCc3ccccc3)cc2)cc1. The van der Waals surface area contributed by atoms with E-state index in [4.69, 9.17) is 4.74 Å². The van der Waals surface area contributed by atoms with Crippen LogP contribution in [-0.2, 0) is 35.3 Å². The van der Waals surface area contributed by atoms with Gasteiger partial charge in [-0.2, -0.15) is 0 Å². The summed E-state index contributed by atoms with van der Waals surface area (Å²) in [6.45, 7) is 1.06. The number of aryl methyl sites for hydroxylation is 4. The van der Waals surface area contributed by atoms with Crippen LogP contribution in [0.15, 0.2) is 170 Å². The molecule has 6 aromatic rings. The molecule has 2 aliphatic heterocycles.